The maximum atomic E-state index is 5.38. The highest BCUT2D eigenvalue weighted by Gasteiger charge is 2.05. The lowest BCUT2D eigenvalue weighted by molar-refractivity contribution is 0.405. The van der Waals surface area contributed by atoms with Crippen LogP contribution in [0.1, 0.15) is 12.0 Å². The Bertz CT molecular complexity index is 630. The Morgan fingerprint density at radius 2 is 1.91 bits per heavy atom. The van der Waals surface area contributed by atoms with Crippen LogP contribution in [0.3, 0.4) is 0 Å². The second-order valence-electron chi connectivity index (χ2n) is 5.70. The van der Waals surface area contributed by atoms with E-state index in [2.05, 4.69) is 39.6 Å². The quantitative estimate of drug-likeness (QED) is 0.730. The topological polar surface area (TPSA) is 62.3 Å². The molecule has 0 aliphatic heterocycles. The van der Waals surface area contributed by atoms with Crippen LogP contribution >= 0.6 is 0 Å². The number of benzene rings is 1. The van der Waals surface area contributed by atoms with Crippen molar-refractivity contribution in [2.75, 3.05) is 44.9 Å². The first-order chi connectivity index (χ1) is 11.1. The molecule has 1 heterocycles. The number of anilines is 3. The Kier molecular flexibility index (Phi) is 6.17. The Morgan fingerprint density at radius 1 is 1.13 bits per heavy atom. The highest BCUT2D eigenvalue weighted by molar-refractivity contribution is 5.66. The van der Waals surface area contributed by atoms with E-state index in [9.17, 15) is 0 Å². The lowest BCUT2D eigenvalue weighted by Gasteiger charge is -2.13. The van der Waals surface area contributed by atoms with Gasteiger partial charge in [0.05, 0.1) is 12.8 Å². The predicted octanol–water partition coefficient (Wildman–Crippen LogP) is 2.90. The van der Waals surface area contributed by atoms with Crippen LogP contribution in [0.4, 0.5) is 17.3 Å². The molecular formula is C17H25N5O. The number of ether oxygens (including phenoxy) is 1. The van der Waals surface area contributed by atoms with Gasteiger partial charge in [-0.15, -0.1) is 0 Å². The SMILES string of the molecule is COc1ccc(C)cc1Nc1cc(NCCCN(C)C)ncn1. The van der Waals surface area contributed by atoms with Crippen LogP contribution < -0.4 is 15.4 Å². The Morgan fingerprint density at radius 3 is 2.65 bits per heavy atom. The molecule has 0 radical (unpaired) electrons. The van der Waals surface area contributed by atoms with E-state index in [0.717, 1.165) is 48.1 Å². The van der Waals surface area contributed by atoms with Gasteiger partial charge in [0.25, 0.3) is 0 Å². The molecule has 1 aromatic heterocycles. The lowest BCUT2D eigenvalue weighted by Crippen LogP contribution is -2.16. The van der Waals surface area contributed by atoms with E-state index in [0.29, 0.717) is 0 Å². The van der Waals surface area contributed by atoms with Gasteiger partial charge in [-0.25, -0.2) is 9.97 Å². The summed E-state index contributed by atoms with van der Waals surface area (Å²) in [6, 6.07) is 7.89. The van der Waals surface area contributed by atoms with Crippen molar-refractivity contribution in [2.45, 2.75) is 13.3 Å². The van der Waals surface area contributed by atoms with Gasteiger partial charge in [-0.1, -0.05) is 6.07 Å². The number of hydrogen-bond acceptors (Lipinski definition) is 6. The fourth-order valence-electron chi connectivity index (χ4n) is 2.19. The van der Waals surface area contributed by atoms with Crippen molar-refractivity contribution in [3.8, 4) is 5.75 Å². The van der Waals surface area contributed by atoms with Gasteiger partial charge in [-0.3, -0.25) is 0 Å². The fourth-order valence-corrected chi connectivity index (χ4v) is 2.19. The lowest BCUT2D eigenvalue weighted by atomic mass is 10.2. The molecule has 0 unspecified atom stereocenters. The van der Waals surface area contributed by atoms with E-state index in [1.54, 1.807) is 13.4 Å². The van der Waals surface area contributed by atoms with E-state index in [1.165, 1.54) is 0 Å². The molecule has 1 aromatic carbocycles. The molecule has 0 atom stereocenters. The standard InChI is InChI=1S/C17H25N5O/c1-13-6-7-15(23-4)14(10-13)21-17-11-16(19-12-20-17)18-8-5-9-22(2)3/h6-7,10-12H,5,8-9H2,1-4H3,(H2,18,19,20,21). The molecule has 0 fully saturated rings. The Labute approximate surface area is 137 Å². The third-order valence-electron chi connectivity index (χ3n) is 3.37. The summed E-state index contributed by atoms with van der Waals surface area (Å²) in [5.41, 5.74) is 2.05. The van der Waals surface area contributed by atoms with Gasteiger partial charge in [0.2, 0.25) is 0 Å². The zero-order chi connectivity index (χ0) is 16.7. The van der Waals surface area contributed by atoms with E-state index in [1.807, 2.05) is 31.2 Å². The normalized spacial score (nSPS) is 10.7. The van der Waals surface area contributed by atoms with Crippen molar-refractivity contribution in [3.63, 3.8) is 0 Å². The largest absolute Gasteiger partial charge is 0.495 e. The number of aryl methyl sites for hydroxylation is 1. The first-order valence-electron chi connectivity index (χ1n) is 7.71. The molecule has 6 heteroatoms. The average molecular weight is 315 g/mol. The fraction of sp³-hybridized carbons (Fsp3) is 0.412. The van der Waals surface area contributed by atoms with Gasteiger partial charge < -0.3 is 20.3 Å². The zero-order valence-electron chi connectivity index (χ0n) is 14.3. The summed E-state index contributed by atoms with van der Waals surface area (Å²) in [5, 5.41) is 6.61. The average Bonchev–Trinajstić information content (AvgIpc) is 2.52. The minimum Gasteiger partial charge on any atom is -0.495 e. The summed E-state index contributed by atoms with van der Waals surface area (Å²) in [6.45, 7) is 3.97. The zero-order valence-corrected chi connectivity index (χ0v) is 14.3. The molecule has 0 spiro atoms. The minimum atomic E-state index is 0.735. The molecule has 2 N–H and O–H groups in total. The van der Waals surface area contributed by atoms with Crippen LogP contribution in [0.2, 0.25) is 0 Å². The molecule has 0 amide bonds. The second-order valence-corrected chi connectivity index (χ2v) is 5.70. The number of aromatic nitrogens is 2. The summed E-state index contributed by atoms with van der Waals surface area (Å²) >= 11 is 0. The van der Waals surface area contributed by atoms with Crippen molar-refractivity contribution >= 4 is 17.3 Å². The van der Waals surface area contributed by atoms with Crippen molar-refractivity contribution in [2.24, 2.45) is 0 Å². The smallest absolute Gasteiger partial charge is 0.142 e. The van der Waals surface area contributed by atoms with E-state index in [-0.39, 0.29) is 0 Å². The van der Waals surface area contributed by atoms with Crippen molar-refractivity contribution < 1.29 is 4.74 Å². The third kappa shape index (κ3) is 5.41. The summed E-state index contributed by atoms with van der Waals surface area (Å²) in [6.07, 6.45) is 2.62. The Balaban J connectivity index is 2.01. The van der Waals surface area contributed by atoms with E-state index < -0.39 is 0 Å². The molecule has 0 saturated heterocycles. The van der Waals surface area contributed by atoms with Crippen molar-refractivity contribution in [1.29, 1.82) is 0 Å². The van der Waals surface area contributed by atoms with Crippen molar-refractivity contribution in [3.05, 3.63) is 36.2 Å². The van der Waals surface area contributed by atoms with Crippen LogP contribution in [0.5, 0.6) is 5.75 Å². The number of methoxy groups -OCH3 is 1. The van der Waals surface area contributed by atoms with Crippen LogP contribution in [0, 0.1) is 6.92 Å². The minimum absolute atomic E-state index is 0.735. The Hall–Kier alpha value is -2.34. The number of nitrogens with zero attached hydrogens (tertiary/aromatic N) is 3. The molecule has 0 aliphatic rings. The molecule has 0 aliphatic carbocycles. The van der Waals surface area contributed by atoms with Gasteiger partial charge in [0, 0.05) is 12.6 Å². The van der Waals surface area contributed by atoms with Gasteiger partial charge in [0.15, 0.2) is 0 Å². The number of nitrogens with one attached hydrogen (secondary N) is 2. The van der Waals surface area contributed by atoms with Crippen LogP contribution in [0.15, 0.2) is 30.6 Å². The van der Waals surface area contributed by atoms with Crippen molar-refractivity contribution in [1.82, 2.24) is 14.9 Å². The third-order valence-corrected chi connectivity index (χ3v) is 3.37. The molecule has 0 bridgehead atoms. The summed E-state index contributed by atoms with van der Waals surface area (Å²) in [5.74, 6) is 2.33. The van der Waals surface area contributed by atoms with Gasteiger partial charge in [0.1, 0.15) is 23.7 Å². The van der Waals surface area contributed by atoms with E-state index in [4.69, 9.17) is 4.74 Å². The summed E-state index contributed by atoms with van der Waals surface area (Å²) < 4.78 is 5.38. The maximum Gasteiger partial charge on any atom is 0.142 e. The molecular weight excluding hydrogens is 290 g/mol. The van der Waals surface area contributed by atoms with E-state index >= 15 is 0 Å². The van der Waals surface area contributed by atoms with Crippen LogP contribution in [-0.2, 0) is 0 Å². The predicted molar refractivity (Wildman–Crippen MR) is 94.7 cm³/mol. The molecule has 23 heavy (non-hydrogen) atoms. The summed E-state index contributed by atoms with van der Waals surface area (Å²) in [4.78, 5) is 10.7. The van der Waals surface area contributed by atoms with Gasteiger partial charge in [-0.2, -0.15) is 0 Å². The highest BCUT2D eigenvalue weighted by atomic mass is 16.5. The monoisotopic (exact) mass is 315 g/mol. The molecule has 2 rings (SSSR count). The van der Waals surface area contributed by atoms with Crippen LogP contribution in [0.25, 0.3) is 0 Å². The molecule has 6 nitrogen and oxygen atoms in total. The molecule has 124 valence electrons. The van der Waals surface area contributed by atoms with Crippen LogP contribution in [-0.4, -0.2) is 49.2 Å². The maximum absolute atomic E-state index is 5.38. The molecule has 2 aromatic rings. The van der Waals surface area contributed by atoms with Gasteiger partial charge in [-0.05, 0) is 51.7 Å². The second kappa shape index (κ2) is 8.33. The molecule has 0 saturated carbocycles. The highest BCUT2D eigenvalue weighted by Crippen LogP contribution is 2.28. The summed E-state index contributed by atoms with van der Waals surface area (Å²) in [7, 11) is 5.80. The number of hydrogen-bond donors (Lipinski definition) is 2. The number of rotatable bonds is 8. The first-order valence-corrected chi connectivity index (χ1v) is 7.71. The first kappa shape index (κ1) is 17.0. The van der Waals surface area contributed by atoms with Gasteiger partial charge >= 0.3 is 0 Å².